The molecule has 1 amide bonds. The maximum atomic E-state index is 12.9. The Morgan fingerprint density at radius 3 is 2.59 bits per heavy atom. The largest absolute Gasteiger partial charge is 0.507 e. The number of tetrazole rings is 1. The van der Waals surface area contributed by atoms with Crippen LogP contribution in [0.3, 0.4) is 0 Å². The fraction of sp³-hybridized carbons (Fsp3) is 0.125. The second-order valence-electron chi connectivity index (χ2n) is 7.16. The van der Waals surface area contributed by atoms with Crippen molar-refractivity contribution in [2.75, 3.05) is 5.32 Å². The molecule has 0 aliphatic heterocycles. The lowest BCUT2D eigenvalue weighted by atomic mass is 10.2. The number of carbonyl (C=O) groups excluding carboxylic acids is 2. The quantitative estimate of drug-likeness (QED) is 0.305. The zero-order chi connectivity index (χ0) is 23.9. The van der Waals surface area contributed by atoms with Crippen molar-refractivity contribution in [1.82, 2.24) is 20.6 Å². The topological polar surface area (TPSA) is 130 Å². The molecule has 0 saturated carbocycles. The summed E-state index contributed by atoms with van der Waals surface area (Å²) in [7, 11) is 0. The van der Waals surface area contributed by atoms with Gasteiger partial charge in [-0.25, -0.2) is 0 Å². The molecule has 34 heavy (non-hydrogen) atoms. The molecule has 9 nitrogen and oxygen atoms in total. The molecule has 0 saturated heterocycles. The number of carbonyl (C=O) groups is 2. The van der Waals surface area contributed by atoms with Crippen molar-refractivity contribution < 1.29 is 19.4 Å². The first kappa shape index (κ1) is 23.0. The Hall–Kier alpha value is -4.18. The van der Waals surface area contributed by atoms with Gasteiger partial charge in [-0.05, 0) is 60.2 Å². The van der Waals surface area contributed by atoms with Crippen molar-refractivity contribution in [2.45, 2.75) is 29.2 Å². The number of rotatable bonds is 9. The van der Waals surface area contributed by atoms with Crippen LogP contribution in [0.1, 0.15) is 23.7 Å². The van der Waals surface area contributed by atoms with Gasteiger partial charge in [-0.3, -0.25) is 9.59 Å². The summed E-state index contributed by atoms with van der Waals surface area (Å²) in [5.74, 6) is 0.514. The maximum absolute atomic E-state index is 12.9. The van der Waals surface area contributed by atoms with Crippen molar-refractivity contribution in [3.8, 4) is 22.9 Å². The molecule has 1 unspecified atom stereocenters. The van der Waals surface area contributed by atoms with E-state index in [1.165, 1.54) is 11.8 Å². The monoisotopic (exact) mass is 475 g/mol. The first-order chi connectivity index (χ1) is 16.6. The SMILES string of the molecule is CCC(C=O)Oc1ccc(C(=O)Nc2ccccc2Sc2cccc(O)c2-c2nn[nH]n2)cc1. The first-order valence-corrected chi connectivity index (χ1v) is 11.3. The van der Waals surface area contributed by atoms with Gasteiger partial charge >= 0.3 is 0 Å². The minimum atomic E-state index is -0.515. The van der Waals surface area contributed by atoms with Gasteiger partial charge in [0.05, 0.1) is 11.3 Å². The van der Waals surface area contributed by atoms with Gasteiger partial charge in [-0.1, -0.05) is 36.9 Å². The van der Waals surface area contributed by atoms with Crippen molar-refractivity contribution in [1.29, 1.82) is 0 Å². The first-order valence-electron chi connectivity index (χ1n) is 10.4. The van der Waals surface area contributed by atoms with Crippen LogP contribution in [-0.4, -0.2) is 44.0 Å². The Labute approximate surface area is 199 Å². The van der Waals surface area contributed by atoms with Crippen LogP contribution < -0.4 is 10.1 Å². The van der Waals surface area contributed by atoms with E-state index in [1.807, 2.05) is 31.2 Å². The van der Waals surface area contributed by atoms with Gasteiger partial charge in [-0.15, -0.1) is 10.2 Å². The highest BCUT2D eigenvalue weighted by atomic mass is 32.2. The van der Waals surface area contributed by atoms with Crippen LogP contribution >= 0.6 is 11.8 Å². The second kappa shape index (κ2) is 10.6. The van der Waals surface area contributed by atoms with Gasteiger partial charge in [0.25, 0.3) is 5.91 Å². The van der Waals surface area contributed by atoms with Crippen molar-refractivity contribution in [3.05, 3.63) is 72.3 Å². The highest BCUT2D eigenvalue weighted by Crippen LogP contribution is 2.41. The van der Waals surface area contributed by atoms with Crippen LogP contribution in [0.2, 0.25) is 0 Å². The van der Waals surface area contributed by atoms with Crippen LogP contribution in [0, 0.1) is 0 Å². The third kappa shape index (κ3) is 5.24. The summed E-state index contributed by atoms with van der Waals surface area (Å²) in [5, 5.41) is 27.2. The van der Waals surface area contributed by atoms with Gasteiger partial charge in [0, 0.05) is 15.4 Å². The zero-order valence-corrected chi connectivity index (χ0v) is 19.0. The Kier molecular flexibility index (Phi) is 7.19. The number of H-pyrrole nitrogens is 1. The molecule has 0 radical (unpaired) electrons. The molecule has 1 heterocycles. The molecule has 3 N–H and O–H groups in total. The number of ether oxygens (including phenoxy) is 1. The number of nitrogens with one attached hydrogen (secondary N) is 2. The fourth-order valence-electron chi connectivity index (χ4n) is 3.14. The molecule has 4 aromatic rings. The van der Waals surface area contributed by atoms with Gasteiger partial charge in [0.15, 0.2) is 12.4 Å². The summed E-state index contributed by atoms with van der Waals surface area (Å²) in [4.78, 5) is 25.3. The van der Waals surface area contributed by atoms with Crippen LogP contribution in [0.15, 0.2) is 76.5 Å². The van der Waals surface area contributed by atoms with Crippen molar-refractivity contribution >= 4 is 29.6 Å². The van der Waals surface area contributed by atoms with E-state index in [-0.39, 0.29) is 17.5 Å². The van der Waals surface area contributed by atoms with Gasteiger partial charge in [0.2, 0.25) is 5.82 Å². The smallest absolute Gasteiger partial charge is 0.255 e. The molecule has 0 bridgehead atoms. The number of anilines is 1. The molecular formula is C24H21N5O4S. The number of para-hydroxylation sites is 1. The number of aromatic amines is 1. The molecule has 4 rings (SSSR count). The van der Waals surface area contributed by atoms with Crippen LogP contribution in [0.5, 0.6) is 11.5 Å². The summed E-state index contributed by atoms with van der Waals surface area (Å²) in [6.45, 7) is 1.86. The standard InChI is InChI=1S/C24H21N5O4S/c1-2-16(14-30)33-17-12-10-15(11-13-17)24(32)25-18-6-3-4-8-20(18)34-21-9-5-7-19(31)22(21)23-26-28-29-27-23/h3-14,16,31H,2H2,1H3,(H,25,32)(H,26,27,28,29). The minimum absolute atomic E-state index is 0.0233. The average molecular weight is 476 g/mol. The Morgan fingerprint density at radius 2 is 1.88 bits per heavy atom. The number of aldehydes is 1. The Bertz CT molecular complexity index is 1280. The number of amides is 1. The van der Waals surface area contributed by atoms with Crippen molar-refractivity contribution in [2.24, 2.45) is 0 Å². The number of benzene rings is 3. The van der Waals surface area contributed by atoms with E-state index in [1.54, 1.807) is 42.5 Å². The third-order valence-corrected chi connectivity index (χ3v) is 6.02. The van der Waals surface area contributed by atoms with Crippen LogP contribution in [-0.2, 0) is 4.79 Å². The van der Waals surface area contributed by atoms with Crippen molar-refractivity contribution in [3.63, 3.8) is 0 Å². The normalized spacial score (nSPS) is 11.6. The summed E-state index contributed by atoms with van der Waals surface area (Å²) in [5.41, 5.74) is 1.49. The zero-order valence-electron chi connectivity index (χ0n) is 18.1. The molecule has 172 valence electrons. The number of hydrogen-bond donors (Lipinski definition) is 3. The maximum Gasteiger partial charge on any atom is 0.255 e. The van der Waals surface area contributed by atoms with E-state index >= 15 is 0 Å². The molecule has 0 spiro atoms. The van der Waals surface area contributed by atoms with Crippen LogP contribution in [0.4, 0.5) is 5.69 Å². The lowest BCUT2D eigenvalue weighted by molar-refractivity contribution is -0.113. The van der Waals surface area contributed by atoms with Crippen LogP contribution in [0.25, 0.3) is 11.4 Å². The molecule has 3 aromatic carbocycles. The predicted octanol–water partition coefficient (Wildman–Crippen LogP) is 4.33. The lowest BCUT2D eigenvalue weighted by Gasteiger charge is -2.14. The molecule has 10 heteroatoms. The summed E-state index contributed by atoms with van der Waals surface area (Å²) in [6.07, 6.45) is 0.804. The van der Waals surface area contributed by atoms with E-state index in [9.17, 15) is 14.7 Å². The lowest BCUT2D eigenvalue weighted by Crippen LogP contribution is -2.17. The summed E-state index contributed by atoms with van der Waals surface area (Å²) in [6, 6.07) is 19.0. The van der Waals surface area contributed by atoms with E-state index in [4.69, 9.17) is 4.74 Å². The number of aromatic nitrogens is 4. The highest BCUT2D eigenvalue weighted by molar-refractivity contribution is 7.99. The minimum Gasteiger partial charge on any atom is -0.507 e. The Balaban J connectivity index is 1.54. The molecular weight excluding hydrogens is 454 g/mol. The van der Waals surface area contributed by atoms with Gasteiger partial charge < -0.3 is 15.2 Å². The molecule has 0 aliphatic rings. The highest BCUT2D eigenvalue weighted by Gasteiger charge is 2.17. The molecule has 1 atom stereocenters. The second-order valence-corrected chi connectivity index (χ2v) is 8.25. The number of phenolic OH excluding ortho intramolecular Hbond substituents is 1. The van der Waals surface area contributed by atoms with E-state index < -0.39 is 6.10 Å². The number of phenols is 1. The van der Waals surface area contributed by atoms with Gasteiger partial charge in [-0.2, -0.15) is 5.21 Å². The fourth-order valence-corrected chi connectivity index (χ4v) is 4.19. The number of aromatic hydroxyl groups is 1. The van der Waals surface area contributed by atoms with E-state index in [0.29, 0.717) is 33.9 Å². The Morgan fingerprint density at radius 1 is 1.12 bits per heavy atom. The molecule has 0 aliphatic carbocycles. The van der Waals surface area contributed by atoms with Gasteiger partial charge in [0.1, 0.15) is 11.5 Å². The third-order valence-electron chi connectivity index (χ3n) is 4.89. The van der Waals surface area contributed by atoms with E-state index in [2.05, 4.69) is 25.9 Å². The summed E-state index contributed by atoms with van der Waals surface area (Å²) >= 11 is 1.36. The molecule has 1 aromatic heterocycles. The average Bonchev–Trinajstić information content (AvgIpc) is 3.38. The predicted molar refractivity (Wildman–Crippen MR) is 127 cm³/mol. The summed E-state index contributed by atoms with van der Waals surface area (Å²) < 4.78 is 5.56. The number of hydrogen-bond acceptors (Lipinski definition) is 8. The number of nitrogens with zero attached hydrogens (tertiary/aromatic N) is 3. The molecule has 0 fully saturated rings. The van der Waals surface area contributed by atoms with E-state index in [0.717, 1.165) is 11.2 Å².